The highest BCUT2D eigenvalue weighted by molar-refractivity contribution is 6.05. The minimum absolute atomic E-state index is 0.200. The molecular weight excluding hydrogens is 414 g/mol. The lowest BCUT2D eigenvalue weighted by Gasteiger charge is -2.12. The molecule has 0 fully saturated rings. The molecular formula is C23H19N3O6. The Bertz CT molecular complexity index is 1360. The van der Waals surface area contributed by atoms with Gasteiger partial charge in [-0.05, 0) is 37.3 Å². The minimum Gasteiger partial charge on any atom is -0.495 e. The van der Waals surface area contributed by atoms with Crippen LogP contribution in [-0.4, -0.2) is 28.5 Å². The number of nitrogens with one attached hydrogen (secondary N) is 1. The first-order chi connectivity index (χ1) is 15.4. The van der Waals surface area contributed by atoms with Gasteiger partial charge in [0.1, 0.15) is 18.1 Å². The van der Waals surface area contributed by atoms with Gasteiger partial charge in [-0.25, -0.2) is 9.78 Å². The first-order valence-corrected chi connectivity index (χ1v) is 9.66. The van der Waals surface area contributed by atoms with Crippen molar-refractivity contribution in [2.45, 2.75) is 13.5 Å². The Balaban J connectivity index is 1.50. The fourth-order valence-electron chi connectivity index (χ4n) is 3.09. The number of aryl methyl sites for hydroxylation is 1. The van der Waals surface area contributed by atoms with Gasteiger partial charge in [0.05, 0.1) is 24.1 Å². The summed E-state index contributed by atoms with van der Waals surface area (Å²) in [6, 6.07) is 16.1. The quantitative estimate of drug-likeness (QED) is 0.465. The Morgan fingerprint density at radius 3 is 2.59 bits per heavy atom. The fraction of sp³-hybridized carbons (Fsp3) is 0.130. The highest BCUT2D eigenvalue weighted by atomic mass is 16.5. The summed E-state index contributed by atoms with van der Waals surface area (Å²) in [5.74, 6) is -0.0654. The topological polar surface area (TPSA) is 112 Å². The summed E-state index contributed by atoms with van der Waals surface area (Å²) in [6.45, 7) is 1.50. The normalized spacial score (nSPS) is 10.7. The van der Waals surface area contributed by atoms with Gasteiger partial charge >= 0.3 is 5.97 Å². The summed E-state index contributed by atoms with van der Waals surface area (Å²) < 4.78 is 16.9. The molecule has 0 bridgehead atoms. The van der Waals surface area contributed by atoms with Crippen molar-refractivity contribution in [1.82, 2.24) is 9.56 Å². The molecule has 0 radical (unpaired) electrons. The number of hydrogen-bond acceptors (Lipinski definition) is 7. The molecule has 0 saturated carbocycles. The van der Waals surface area contributed by atoms with Crippen LogP contribution in [0.5, 0.6) is 5.75 Å². The second-order valence-electron chi connectivity index (χ2n) is 6.90. The number of aromatic nitrogens is 2. The van der Waals surface area contributed by atoms with E-state index in [2.05, 4.69) is 10.3 Å². The van der Waals surface area contributed by atoms with E-state index in [9.17, 15) is 14.4 Å². The van der Waals surface area contributed by atoms with Crippen molar-refractivity contribution in [3.63, 3.8) is 0 Å². The van der Waals surface area contributed by atoms with Crippen LogP contribution in [0.4, 0.5) is 5.69 Å². The standard InChI is InChI=1S/C23H19N3O6/c1-14-10-20-24-17(12-21(27)26(20)32-14)13-31-23(29)16-8-9-19(30-2)18(11-16)25-22(28)15-6-4-3-5-7-15/h3-12H,13H2,1-2H3,(H,25,28). The summed E-state index contributed by atoms with van der Waals surface area (Å²) in [6.07, 6.45) is 0. The molecule has 162 valence electrons. The zero-order chi connectivity index (χ0) is 22.7. The number of nitrogens with zero attached hydrogens (tertiary/aromatic N) is 2. The van der Waals surface area contributed by atoms with Crippen LogP contribution in [0.15, 0.2) is 70.0 Å². The van der Waals surface area contributed by atoms with E-state index in [1.165, 1.54) is 25.3 Å². The predicted molar refractivity (Wildman–Crippen MR) is 115 cm³/mol. The lowest BCUT2D eigenvalue weighted by atomic mass is 10.1. The van der Waals surface area contributed by atoms with Gasteiger partial charge < -0.3 is 19.3 Å². The maximum Gasteiger partial charge on any atom is 0.338 e. The first kappa shape index (κ1) is 20.9. The summed E-state index contributed by atoms with van der Waals surface area (Å²) in [5.41, 5.74) is 1.19. The zero-order valence-corrected chi connectivity index (χ0v) is 17.3. The molecule has 0 aliphatic heterocycles. The molecule has 2 aromatic carbocycles. The van der Waals surface area contributed by atoms with Crippen LogP contribution in [-0.2, 0) is 11.3 Å². The Morgan fingerprint density at radius 2 is 1.84 bits per heavy atom. The third-order valence-electron chi connectivity index (χ3n) is 4.59. The van der Waals surface area contributed by atoms with Crippen LogP contribution >= 0.6 is 0 Å². The number of amides is 1. The van der Waals surface area contributed by atoms with Crippen molar-refractivity contribution >= 4 is 23.2 Å². The molecule has 9 heteroatoms. The number of methoxy groups -OCH3 is 1. The second-order valence-corrected chi connectivity index (χ2v) is 6.90. The average Bonchev–Trinajstić information content (AvgIpc) is 3.18. The van der Waals surface area contributed by atoms with Crippen LogP contribution in [0.2, 0.25) is 0 Å². The minimum atomic E-state index is -0.645. The predicted octanol–water partition coefficient (Wildman–Crippen LogP) is 3.21. The van der Waals surface area contributed by atoms with Gasteiger partial charge in [0.25, 0.3) is 11.5 Å². The second kappa shape index (κ2) is 8.76. The molecule has 2 aromatic heterocycles. The number of esters is 1. The van der Waals surface area contributed by atoms with Gasteiger partial charge in [-0.1, -0.05) is 18.2 Å². The van der Waals surface area contributed by atoms with Crippen LogP contribution in [0.25, 0.3) is 5.65 Å². The Labute approximate surface area is 182 Å². The van der Waals surface area contributed by atoms with E-state index in [0.717, 1.165) is 4.57 Å². The number of anilines is 1. The zero-order valence-electron chi connectivity index (χ0n) is 17.3. The molecule has 32 heavy (non-hydrogen) atoms. The van der Waals surface area contributed by atoms with Crippen LogP contribution in [0.1, 0.15) is 32.2 Å². The summed E-state index contributed by atoms with van der Waals surface area (Å²) in [5, 5.41) is 2.74. The third kappa shape index (κ3) is 4.36. The number of ether oxygens (including phenoxy) is 2. The maximum absolute atomic E-state index is 12.6. The molecule has 0 atom stereocenters. The van der Waals surface area contributed by atoms with E-state index in [4.69, 9.17) is 14.0 Å². The lowest BCUT2D eigenvalue weighted by Crippen LogP contribution is -2.15. The van der Waals surface area contributed by atoms with E-state index in [1.807, 2.05) is 6.07 Å². The van der Waals surface area contributed by atoms with Crippen LogP contribution in [0, 0.1) is 6.92 Å². The molecule has 1 amide bonds. The first-order valence-electron chi connectivity index (χ1n) is 9.66. The maximum atomic E-state index is 12.6. The third-order valence-corrected chi connectivity index (χ3v) is 4.59. The molecule has 0 unspecified atom stereocenters. The van der Waals surface area contributed by atoms with Crippen molar-refractivity contribution in [3.05, 3.63) is 93.6 Å². The van der Waals surface area contributed by atoms with Gasteiger partial charge in [0, 0.05) is 17.7 Å². The molecule has 0 saturated heterocycles. The van der Waals surface area contributed by atoms with E-state index < -0.39 is 11.5 Å². The van der Waals surface area contributed by atoms with Gasteiger partial charge in [0.2, 0.25) is 0 Å². The molecule has 2 heterocycles. The Hall–Kier alpha value is -4.40. The van der Waals surface area contributed by atoms with E-state index in [-0.39, 0.29) is 23.8 Å². The van der Waals surface area contributed by atoms with Crippen molar-refractivity contribution < 1.29 is 23.6 Å². The highest BCUT2D eigenvalue weighted by Crippen LogP contribution is 2.26. The molecule has 4 aromatic rings. The van der Waals surface area contributed by atoms with E-state index in [1.54, 1.807) is 43.3 Å². The lowest BCUT2D eigenvalue weighted by molar-refractivity contribution is 0.0467. The van der Waals surface area contributed by atoms with Gasteiger partial charge in [-0.15, -0.1) is 4.57 Å². The molecule has 9 nitrogen and oxygen atoms in total. The molecule has 0 spiro atoms. The largest absolute Gasteiger partial charge is 0.495 e. The number of fused-ring (bicyclic) bond motifs is 1. The van der Waals surface area contributed by atoms with E-state index >= 15 is 0 Å². The number of hydrogen-bond donors (Lipinski definition) is 1. The Morgan fingerprint density at radius 1 is 1.06 bits per heavy atom. The van der Waals surface area contributed by atoms with Gasteiger partial charge in [-0.3, -0.25) is 9.59 Å². The smallest absolute Gasteiger partial charge is 0.338 e. The van der Waals surface area contributed by atoms with Crippen molar-refractivity contribution in [3.8, 4) is 5.75 Å². The summed E-state index contributed by atoms with van der Waals surface area (Å²) in [7, 11) is 1.46. The SMILES string of the molecule is COc1ccc(C(=O)OCc2cc(=O)n3oc(C)cc3n2)cc1NC(=O)c1ccccc1. The molecule has 4 rings (SSSR count). The number of carbonyl (C=O) groups excluding carboxylic acids is 2. The number of benzene rings is 2. The fourth-order valence-corrected chi connectivity index (χ4v) is 3.09. The van der Waals surface area contributed by atoms with Crippen molar-refractivity contribution in [2.75, 3.05) is 12.4 Å². The highest BCUT2D eigenvalue weighted by Gasteiger charge is 2.15. The van der Waals surface area contributed by atoms with E-state index in [0.29, 0.717) is 28.4 Å². The van der Waals surface area contributed by atoms with Crippen LogP contribution in [0.3, 0.4) is 0 Å². The Kier molecular flexibility index (Phi) is 5.71. The average molecular weight is 433 g/mol. The number of carbonyl (C=O) groups is 2. The van der Waals surface area contributed by atoms with Crippen LogP contribution < -0.4 is 15.6 Å². The molecule has 0 aliphatic carbocycles. The van der Waals surface area contributed by atoms with Crippen molar-refractivity contribution in [2.24, 2.45) is 0 Å². The van der Waals surface area contributed by atoms with Crippen molar-refractivity contribution in [1.29, 1.82) is 0 Å². The van der Waals surface area contributed by atoms with Gasteiger partial charge in [0.15, 0.2) is 5.65 Å². The number of rotatable bonds is 6. The molecule has 1 N–H and O–H groups in total. The summed E-state index contributed by atoms with van der Waals surface area (Å²) in [4.78, 5) is 41.4. The van der Waals surface area contributed by atoms with Gasteiger partial charge in [-0.2, -0.15) is 0 Å². The monoisotopic (exact) mass is 433 g/mol. The summed E-state index contributed by atoms with van der Waals surface area (Å²) >= 11 is 0. The molecule has 0 aliphatic rings.